The van der Waals surface area contributed by atoms with Crippen molar-refractivity contribution in [3.63, 3.8) is 0 Å². The van der Waals surface area contributed by atoms with Gasteiger partial charge in [-0.3, -0.25) is 9.69 Å². The first-order chi connectivity index (χ1) is 16.4. The number of para-hydroxylation sites is 2. The Kier molecular flexibility index (Phi) is 7.19. The van der Waals surface area contributed by atoms with Crippen molar-refractivity contribution in [2.45, 2.75) is 18.7 Å². The van der Waals surface area contributed by atoms with Crippen molar-refractivity contribution >= 4 is 63.9 Å². The number of rotatable bonds is 6. The first-order valence-electron chi connectivity index (χ1n) is 10.9. The molecular formula is C26H27N5OS2. The molecule has 174 valence electrons. The van der Waals surface area contributed by atoms with E-state index in [9.17, 15) is 4.79 Å². The highest BCUT2D eigenvalue weighted by Crippen LogP contribution is 2.40. The number of allylic oxidation sites excluding steroid dienone is 1. The Morgan fingerprint density at radius 1 is 1.12 bits per heavy atom. The summed E-state index contributed by atoms with van der Waals surface area (Å²) in [7, 11) is 1.94. The van der Waals surface area contributed by atoms with E-state index < -0.39 is 0 Å². The number of benzene rings is 3. The summed E-state index contributed by atoms with van der Waals surface area (Å²) in [4.78, 5) is 23.7. The minimum absolute atomic E-state index is 0.121. The van der Waals surface area contributed by atoms with Gasteiger partial charge in [-0.15, -0.1) is 12.6 Å². The number of carbonyl (C=O) groups excluding carboxylic acids is 1. The summed E-state index contributed by atoms with van der Waals surface area (Å²) in [5, 5.41) is 3.89. The van der Waals surface area contributed by atoms with Crippen LogP contribution in [0.25, 0.3) is 0 Å². The molecule has 1 aliphatic heterocycles. The minimum Gasteiger partial charge on any atom is -0.399 e. The molecule has 1 heterocycles. The van der Waals surface area contributed by atoms with Crippen LogP contribution >= 0.6 is 24.4 Å². The third-order valence-corrected chi connectivity index (χ3v) is 6.99. The van der Waals surface area contributed by atoms with Crippen molar-refractivity contribution < 1.29 is 4.79 Å². The molecule has 0 bridgehead atoms. The third kappa shape index (κ3) is 4.78. The molecule has 3 aromatic rings. The second-order valence-electron chi connectivity index (χ2n) is 7.74. The van der Waals surface area contributed by atoms with Crippen molar-refractivity contribution in [1.29, 1.82) is 0 Å². The molecule has 0 unspecified atom stereocenters. The fourth-order valence-corrected chi connectivity index (χ4v) is 5.02. The number of thiol groups is 1. The highest BCUT2D eigenvalue weighted by atomic mass is 32.2. The van der Waals surface area contributed by atoms with E-state index in [0.29, 0.717) is 21.4 Å². The van der Waals surface area contributed by atoms with Crippen LogP contribution in [-0.4, -0.2) is 24.7 Å². The second-order valence-corrected chi connectivity index (χ2v) is 9.20. The quantitative estimate of drug-likeness (QED) is 0.221. The van der Waals surface area contributed by atoms with E-state index in [1.165, 1.54) is 11.8 Å². The molecule has 0 aliphatic carbocycles. The van der Waals surface area contributed by atoms with Gasteiger partial charge in [0.25, 0.3) is 5.91 Å². The Balaban J connectivity index is 1.83. The second kappa shape index (κ2) is 10.3. The number of nitrogens with zero attached hydrogens (tertiary/aromatic N) is 3. The standard InChI is InChI=1S/C26H27N5OS2/c1-4-28-20-15-14-18(27)16-21(20)29-26-31(19-10-6-5-7-11-19)25(32)24(34-26)17(2)30(3)22-12-8-9-13-23(22)33/h5-16,28,33H,4,27H2,1-3H3/b24-17+,29-26?. The van der Waals surface area contributed by atoms with Gasteiger partial charge < -0.3 is 16.0 Å². The fraction of sp³-hybridized carbons (Fsp3) is 0.154. The van der Waals surface area contributed by atoms with Gasteiger partial charge in [-0.1, -0.05) is 30.3 Å². The van der Waals surface area contributed by atoms with Crippen LogP contribution in [0, 0.1) is 0 Å². The molecule has 3 aromatic carbocycles. The predicted octanol–water partition coefficient (Wildman–Crippen LogP) is 6.12. The first kappa shape index (κ1) is 23.8. The van der Waals surface area contributed by atoms with Gasteiger partial charge in [-0.25, -0.2) is 4.99 Å². The molecule has 1 saturated heterocycles. The molecule has 6 nitrogen and oxygen atoms in total. The fourth-order valence-electron chi connectivity index (χ4n) is 3.64. The Labute approximate surface area is 210 Å². The lowest BCUT2D eigenvalue weighted by atomic mass is 10.2. The van der Waals surface area contributed by atoms with E-state index in [-0.39, 0.29) is 5.91 Å². The molecule has 0 radical (unpaired) electrons. The number of anilines is 4. The molecule has 0 spiro atoms. The highest BCUT2D eigenvalue weighted by molar-refractivity contribution is 8.19. The van der Waals surface area contributed by atoms with Gasteiger partial charge in [-0.2, -0.15) is 0 Å². The lowest BCUT2D eigenvalue weighted by molar-refractivity contribution is -0.113. The first-order valence-corrected chi connectivity index (χ1v) is 12.2. The highest BCUT2D eigenvalue weighted by Gasteiger charge is 2.37. The van der Waals surface area contributed by atoms with Crippen LogP contribution in [0.5, 0.6) is 0 Å². The van der Waals surface area contributed by atoms with Crippen molar-refractivity contribution in [1.82, 2.24) is 0 Å². The number of carbonyl (C=O) groups is 1. The smallest absolute Gasteiger partial charge is 0.273 e. The molecule has 1 aliphatic rings. The SMILES string of the molecule is CCNc1ccc(N)cc1N=C1S/C(=C(\C)N(C)c2ccccc2S)C(=O)N1c1ccccc1. The number of nitrogens with one attached hydrogen (secondary N) is 1. The Morgan fingerprint density at radius 2 is 1.82 bits per heavy atom. The average Bonchev–Trinajstić information content (AvgIpc) is 3.16. The largest absolute Gasteiger partial charge is 0.399 e. The van der Waals surface area contributed by atoms with Gasteiger partial charge in [0.05, 0.1) is 22.7 Å². The van der Waals surface area contributed by atoms with Crippen LogP contribution in [0.4, 0.5) is 28.4 Å². The summed E-state index contributed by atoms with van der Waals surface area (Å²) in [6.07, 6.45) is 0. The van der Waals surface area contributed by atoms with Crippen LogP contribution < -0.4 is 20.9 Å². The van der Waals surface area contributed by atoms with Crippen LogP contribution in [-0.2, 0) is 4.79 Å². The summed E-state index contributed by atoms with van der Waals surface area (Å²) >= 11 is 5.94. The summed E-state index contributed by atoms with van der Waals surface area (Å²) < 4.78 is 0. The zero-order chi connectivity index (χ0) is 24.2. The van der Waals surface area contributed by atoms with Gasteiger partial charge in [0.1, 0.15) is 4.91 Å². The lowest BCUT2D eigenvalue weighted by Crippen LogP contribution is -2.29. The van der Waals surface area contributed by atoms with Crippen LogP contribution in [0.1, 0.15) is 13.8 Å². The van der Waals surface area contributed by atoms with E-state index in [1.54, 1.807) is 4.90 Å². The van der Waals surface area contributed by atoms with Gasteiger partial charge in [0.15, 0.2) is 5.17 Å². The van der Waals surface area contributed by atoms with E-state index in [1.807, 2.05) is 98.6 Å². The zero-order valence-corrected chi connectivity index (χ0v) is 21.0. The van der Waals surface area contributed by atoms with Crippen LogP contribution in [0.15, 0.2) is 93.3 Å². The summed E-state index contributed by atoms with van der Waals surface area (Å²) in [6, 6.07) is 22.9. The topological polar surface area (TPSA) is 74.0 Å². The van der Waals surface area contributed by atoms with Crippen molar-refractivity contribution in [2.24, 2.45) is 4.99 Å². The number of amides is 1. The monoisotopic (exact) mass is 489 g/mol. The Morgan fingerprint density at radius 3 is 2.53 bits per heavy atom. The number of nitrogen functional groups attached to an aromatic ring is 1. The number of amidine groups is 1. The Bertz CT molecular complexity index is 1270. The predicted molar refractivity (Wildman–Crippen MR) is 148 cm³/mol. The van der Waals surface area contributed by atoms with Crippen LogP contribution in [0.3, 0.4) is 0 Å². The molecule has 8 heteroatoms. The lowest BCUT2D eigenvalue weighted by Gasteiger charge is -2.22. The number of nitrogens with two attached hydrogens (primary N) is 1. The van der Waals surface area contributed by atoms with E-state index in [4.69, 9.17) is 10.7 Å². The molecule has 1 amide bonds. The molecule has 3 N–H and O–H groups in total. The maximum Gasteiger partial charge on any atom is 0.273 e. The molecule has 4 rings (SSSR count). The van der Waals surface area contributed by atoms with Gasteiger partial charge in [-0.05, 0) is 68.1 Å². The van der Waals surface area contributed by atoms with Gasteiger partial charge in [0, 0.05) is 29.9 Å². The normalized spacial score (nSPS) is 16.2. The van der Waals surface area contributed by atoms with Crippen molar-refractivity contribution in [3.8, 4) is 0 Å². The maximum absolute atomic E-state index is 13.7. The summed E-state index contributed by atoms with van der Waals surface area (Å²) in [5.41, 5.74) is 10.7. The van der Waals surface area contributed by atoms with Gasteiger partial charge >= 0.3 is 0 Å². The number of aliphatic imine (C=N–C) groups is 1. The summed E-state index contributed by atoms with van der Waals surface area (Å²) in [5.74, 6) is -0.121. The van der Waals surface area contributed by atoms with E-state index >= 15 is 0 Å². The van der Waals surface area contributed by atoms with Gasteiger partial charge in [0.2, 0.25) is 0 Å². The molecular weight excluding hydrogens is 462 g/mol. The molecule has 0 saturated carbocycles. The molecule has 34 heavy (non-hydrogen) atoms. The average molecular weight is 490 g/mol. The Hall–Kier alpha value is -3.36. The minimum atomic E-state index is -0.121. The van der Waals surface area contributed by atoms with Crippen molar-refractivity contribution in [2.75, 3.05) is 34.4 Å². The molecule has 1 fully saturated rings. The third-order valence-electron chi connectivity index (χ3n) is 5.48. The summed E-state index contributed by atoms with van der Waals surface area (Å²) in [6.45, 7) is 4.71. The number of hydrogen-bond acceptors (Lipinski definition) is 7. The number of hydrogen-bond donors (Lipinski definition) is 3. The molecule has 0 atom stereocenters. The van der Waals surface area contributed by atoms with Crippen LogP contribution in [0.2, 0.25) is 0 Å². The maximum atomic E-state index is 13.7. The molecule has 0 aromatic heterocycles. The zero-order valence-electron chi connectivity index (χ0n) is 19.3. The van der Waals surface area contributed by atoms with E-state index in [2.05, 4.69) is 17.9 Å². The number of thioether (sulfide) groups is 1. The van der Waals surface area contributed by atoms with Crippen molar-refractivity contribution in [3.05, 3.63) is 83.4 Å². The van der Waals surface area contributed by atoms with E-state index in [0.717, 1.165) is 34.2 Å².